The van der Waals surface area contributed by atoms with Crippen LogP contribution in [0.2, 0.25) is 0 Å². The summed E-state index contributed by atoms with van der Waals surface area (Å²) < 4.78 is 10.5. The number of nitrogens with zero attached hydrogens (tertiary/aromatic N) is 5. The Hall–Kier alpha value is -1.50. The summed E-state index contributed by atoms with van der Waals surface area (Å²) in [5.41, 5.74) is 0. The predicted molar refractivity (Wildman–Crippen MR) is 61.1 cm³/mol. The van der Waals surface area contributed by atoms with Gasteiger partial charge in [-0.15, -0.1) is 10.2 Å². The fourth-order valence-corrected chi connectivity index (χ4v) is 1.47. The number of ether oxygens (including phenoxy) is 2. The number of anilines is 1. The quantitative estimate of drug-likeness (QED) is 0.683. The summed E-state index contributed by atoms with van der Waals surface area (Å²) in [5.74, 6) is 0.538. The summed E-state index contributed by atoms with van der Waals surface area (Å²) in [6, 6.07) is 0.246. The average molecular weight is 239 g/mol. The molecule has 1 aromatic rings. The maximum Gasteiger partial charge on any atom is 0.355 e. The number of morpholine rings is 1. The molecule has 1 aliphatic heterocycles. The molecule has 0 radical (unpaired) electrons. The molecular weight excluding hydrogens is 222 g/mol. The summed E-state index contributed by atoms with van der Waals surface area (Å²) in [6.07, 6.45) is 2.06. The van der Waals surface area contributed by atoms with E-state index < -0.39 is 0 Å². The van der Waals surface area contributed by atoms with Gasteiger partial charge in [-0.1, -0.05) is 23.5 Å². The van der Waals surface area contributed by atoms with Crippen molar-refractivity contribution in [3.05, 3.63) is 0 Å². The maximum atomic E-state index is 5.30. The van der Waals surface area contributed by atoms with Crippen LogP contribution in [0.25, 0.3) is 0 Å². The van der Waals surface area contributed by atoms with E-state index in [-0.39, 0.29) is 6.01 Å². The Morgan fingerprint density at radius 3 is 2.53 bits per heavy atom. The summed E-state index contributed by atoms with van der Waals surface area (Å²) >= 11 is 0. The summed E-state index contributed by atoms with van der Waals surface area (Å²) in [5, 5.41) is 15.8. The van der Waals surface area contributed by atoms with E-state index in [0.29, 0.717) is 25.8 Å². The third kappa shape index (κ3) is 3.48. The van der Waals surface area contributed by atoms with Crippen molar-refractivity contribution in [1.82, 2.24) is 20.4 Å². The van der Waals surface area contributed by atoms with E-state index in [4.69, 9.17) is 9.47 Å². The van der Waals surface area contributed by atoms with E-state index in [1.54, 1.807) is 0 Å². The lowest BCUT2D eigenvalue weighted by Gasteiger charge is -2.25. The molecule has 0 unspecified atom stereocenters. The second kappa shape index (κ2) is 6.29. The smallest absolute Gasteiger partial charge is 0.355 e. The molecule has 7 nitrogen and oxygen atoms in total. The minimum Gasteiger partial charge on any atom is -0.461 e. The Balaban J connectivity index is 1.88. The molecule has 0 aliphatic carbocycles. The molecule has 1 fully saturated rings. The number of hydrogen-bond acceptors (Lipinski definition) is 7. The van der Waals surface area contributed by atoms with Gasteiger partial charge in [-0.2, -0.15) is 0 Å². The van der Waals surface area contributed by atoms with Crippen LogP contribution < -0.4 is 9.64 Å². The van der Waals surface area contributed by atoms with Crippen molar-refractivity contribution in [1.29, 1.82) is 0 Å². The fourth-order valence-electron chi connectivity index (χ4n) is 1.47. The zero-order valence-electron chi connectivity index (χ0n) is 10.0. The molecule has 94 valence electrons. The molecule has 2 heterocycles. The van der Waals surface area contributed by atoms with Crippen molar-refractivity contribution in [3.8, 4) is 6.01 Å². The Morgan fingerprint density at radius 2 is 1.88 bits per heavy atom. The van der Waals surface area contributed by atoms with Gasteiger partial charge in [-0.05, 0) is 6.42 Å². The van der Waals surface area contributed by atoms with Crippen LogP contribution in [0.4, 0.5) is 5.95 Å². The van der Waals surface area contributed by atoms with Crippen molar-refractivity contribution in [3.63, 3.8) is 0 Å². The van der Waals surface area contributed by atoms with Gasteiger partial charge in [0.25, 0.3) is 5.95 Å². The second-order valence-electron chi connectivity index (χ2n) is 3.78. The molecule has 1 aliphatic rings. The van der Waals surface area contributed by atoms with E-state index in [1.807, 2.05) is 4.90 Å². The molecule has 0 N–H and O–H groups in total. The Bertz CT molecular complexity index is 326. The topological polar surface area (TPSA) is 73.3 Å². The maximum absolute atomic E-state index is 5.30. The van der Waals surface area contributed by atoms with Crippen LogP contribution in [0.5, 0.6) is 6.01 Å². The molecule has 7 heteroatoms. The SMILES string of the molecule is CCCCOc1nnc(N2CCOCC2)nn1. The lowest BCUT2D eigenvalue weighted by Crippen LogP contribution is -2.37. The molecular formula is C10H17N5O2. The molecule has 1 saturated heterocycles. The van der Waals surface area contributed by atoms with Crippen LogP contribution in [0.1, 0.15) is 19.8 Å². The van der Waals surface area contributed by atoms with Crippen LogP contribution in [-0.2, 0) is 4.74 Å². The van der Waals surface area contributed by atoms with Crippen molar-refractivity contribution in [2.45, 2.75) is 19.8 Å². The third-order valence-corrected chi connectivity index (χ3v) is 2.47. The normalized spacial score (nSPS) is 15.9. The molecule has 0 aromatic carbocycles. The first kappa shape index (κ1) is 12.0. The van der Waals surface area contributed by atoms with E-state index in [1.165, 1.54) is 0 Å². The monoisotopic (exact) mass is 239 g/mol. The van der Waals surface area contributed by atoms with Crippen molar-refractivity contribution < 1.29 is 9.47 Å². The zero-order valence-corrected chi connectivity index (χ0v) is 10.0. The molecule has 1 aromatic heterocycles. The van der Waals surface area contributed by atoms with Gasteiger partial charge in [0.05, 0.1) is 19.8 Å². The average Bonchev–Trinajstić information content (AvgIpc) is 2.41. The van der Waals surface area contributed by atoms with Gasteiger partial charge in [-0.25, -0.2) is 0 Å². The van der Waals surface area contributed by atoms with E-state index in [0.717, 1.165) is 25.9 Å². The van der Waals surface area contributed by atoms with Gasteiger partial charge in [0.15, 0.2) is 0 Å². The van der Waals surface area contributed by atoms with E-state index >= 15 is 0 Å². The largest absolute Gasteiger partial charge is 0.461 e. The highest BCUT2D eigenvalue weighted by Gasteiger charge is 2.14. The van der Waals surface area contributed by atoms with Crippen molar-refractivity contribution >= 4 is 5.95 Å². The van der Waals surface area contributed by atoms with Gasteiger partial charge in [0.2, 0.25) is 0 Å². The minimum atomic E-state index is 0.246. The lowest BCUT2D eigenvalue weighted by atomic mass is 10.4. The highest BCUT2D eigenvalue weighted by atomic mass is 16.5. The highest BCUT2D eigenvalue weighted by Crippen LogP contribution is 2.08. The molecule has 17 heavy (non-hydrogen) atoms. The third-order valence-electron chi connectivity index (χ3n) is 2.47. The summed E-state index contributed by atoms with van der Waals surface area (Å²) in [4.78, 5) is 2.00. The molecule has 0 amide bonds. The predicted octanol–water partition coefficient (Wildman–Crippen LogP) is 0.282. The zero-order chi connectivity index (χ0) is 11.9. The Morgan fingerprint density at radius 1 is 1.18 bits per heavy atom. The first-order valence-electron chi connectivity index (χ1n) is 5.93. The first-order chi connectivity index (χ1) is 8.40. The van der Waals surface area contributed by atoms with Crippen LogP contribution in [0, 0.1) is 0 Å². The summed E-state index contributed by atoms with van der Waals surface area (Å²) in [7, 11) is 0. The standard InChI is InChI=1S/C10H17N5O2/c1-2-3-6-17-10-13-11-9(12-14-10)15-4-7-16-8-5-15/h2-8H2,1H3. The molecule has 0 bridgehead atoms. The Kier molecular flexibility index (Phi) is 4.43. The van der Waals surface area contributed by atoms with E-state index in [9.17, 15) is 0 Å². The van der Waals surface area contributed by atoms with Crippen molar-refractivity contribution in [2.24, 2.45) is 0 Å². The Labute approximate surface area is 100 Å². The molecule has 0 atom stereocenters. The van der Waals surface area contributed by atoms with Crippen LogP contribution in [-0.4, -0.2) is 53.3 Å². The summed E-state index contributed by atoms with van der Waals surface area (Å²) in [6.45, 7) is 5.65. The molecule has 0 saturated carbocycles. The van der Waals surface area contributed by atoms with Gasteiger partial charge in [0.1, 0.15) is 0 Å². The number of rotatable bonds is 5. The minimum absolute atomic E-state index is 0.246. The van der Waals surface area contributed by atoms with Gasteiger partial charge in [0, 0.05) is 13.1 Å². The van der Waals surface area contributed by atoms with Crippen molar-refractivity contribution in [2.75, 3.05) is 37.8 Å². The molecule has 0 spiro atoms. The van der Waals surface area contributed by atoms with Crippen LogP contribution >= 0.6 is 0 Å². The van der Waals surface area contributed by atoms with E-state index in [2.05, 4.69) is 27.3 Å². The van der Waals surface area contributed by atoms with Crippen LogP contribution in [0.15, 0.2) is 0 Å². The number of unbranched alkanes of at least 4 members (excludes halogenated alkanes) is 1. The van der Waals surface area contributed by atoms with Gasteiger partial charge in [-0.3, -0.25) is 0 Å². The fraction of sp³-hybridized carbons (Fsp3) is 0.800. The van der Waals surface area contributed by atoms with Crippen LogP contribution in [0.3, 0.4) is 0 Å². The van der Waals surface area contributed by atoms with Gasteiger partial charge < -0.3 is 14.4 Å². The lowest BCUT2D eigenvalue weighted by molar-refractivity contribution is 0.121. The number of aromatic nitrogens is 4. The second-order valence-corrected chi connectivity index (χ2v) is 3.78. The first-order valence-corrected chi connectivity index (χ1v) is 5.93. The highest BCUT2D eigenvalue weighted by molar-refractivity contribution is 5.26. The molecule has 2 rings (SSSR count). The number of hydrogen-bond donors (Lipinski definition) is 0. The van der Waals surface area contributed by atoms with Gasteiger partial charge >= 0.3 is 6.01 Å².